The van der Waals surface area contributed by atoms with Crippen molar-refractivity contribution in [3.63, 3.8) is 0 Å². The van der Waals surface area contributed by atoms with E-state index in [0.717, 1.165) is 18.4 Å². The van der Waals surface area contributed by atoms with Crippen molar-refractivity contribution < 1.29 is 46.6 Å². The zero-order chi connectivity index (χ0) is 34.1. The number of rotatable bonds is 11. The highest BCUT2D eigenvalue weighted by atomic mass is 19.4. The minimum Gasteiger partial charge on any atom is -0.483 e. The third kappa shape index (κ3) is 9.68. The van der Waals surface area contributed by atoms with Gasteiger partial charge < -0.3 is 34.8 Å². The Morgan fingerprint density at radius 2 is 1.70 bits per heavy atom. The van der Waals surface area contributed by atoms with E-state index in [4.69, 9.17) is 9.47 Å². The van der Waals surface area contributed by atoms with Gasteiger partial charge in [-0.1, -0.05) is 19.4 Å². The summed E-state index contributed by atoms with van der Waals surface area (Å²) >= 11 is 0. The standard InChI is InChI=1S/C31H39F3N6O7/c1-3-4-14-46-30(45)39-12-10-38(11-13-39)26(41)17-35-28(43)23-16-25(21-8-7-20(2)15-22(21)37-23)47-18-27(42)40-9-5-6-24(40)29(44)36-19-31(32,33)34/h7-8,15-16,24H,3-6,9-14,17-19H2,1-2H3,(H,35,43)(H,36,44)/t24-/m0/s1. The smallest absolute Gasteiger partial charge is 0.409 e. The summed E-state index contributed by atoms with van der Waals surface area (Å²) in [7, 11) is 0. The van der Waals surface area contributed by atoms with Crippen LogP contribution in [-0.2, 0) is 19.1 Å². The molecule has 3 heterocycles. The van der Waals surface area contributed by atoms with Crippen LogP contribution in [-0.4, -0.2) is 121 Å². The van der Waals surface area contributed by atoms with Gasteiger partial charge in [-0.15, -0.1) is 0 Å². The Labute approximate surface area is 269 Å². The maximum absolute atomic E-state index is 13.1. The second-order valence-corrected chi connectivity index (χ2v) is 11.4. The van der Waals surface area contributed by atoms with Crippen LogP contribution in [0, 0.1) is 6.92 Å². The van der Waals surface area contributed by atoms with Crippen LogP contribution in [0.25, 0.3) is 10.9 Å². The molecule has 4 rings (SSSR count). The van der Waals surface area contributed by atoms with Gasteiger partial charge in [-0.2, -0.15) is 13.2 Å². The predicted molar refractivity (Wildman–Crippen MR) is 163 cm³/mol. The zero-order valence-corrected chi connectivity index (χ0v) is 26.4. The van der Waals surface area contributed by atoms with Crippen molar-refractivity contribution in [3.05, 3.63) is 35.5 Å². The highest BCUT2D eigenvalue weighted by Crippen LogP contribution is 2.27. The molecule has 2 aliphatic rings. The van der Waals surface area contributed by atoms with E-state index >= 15 is 0 Å². The summed E-state index contributed by atoms with van der Waals surface area (Å²) < 4.78 is 48.8. The molecule has 5 amide bonds. The number of hydrogen-bond acceptors (Lipinski definition) is 8. The van der Waals surface area contributed by atoms with Crippen LogP contribution in [0.1, 0.15) is 48.7 Å². The van der Waals surface area contributed by atoms with Crippen molar-refractivity contribution in [2.24, 2.45) is 0 Å². The van der Waals surface area contributed by atoms with Crippen LogP contribution in [0.15, 0.2) is 24.3 Å². The fourth-order valence-corrected chi connectivity index (χ4v) is 5.30. The Morgan fingerprint density at radius 1 is 0.979 bits per heavy atom. The van der Waals surface area contributed by atoms with Gasteiger partial charge >= 0.3 is 12.3 Å². The molecule has 0 aliphatic carbocycles. The summed E-state index contributed by atoms with van der Waals surface area (Å²) in [6.45, 7) is 3.22. The van der Waals surface area contributed by atoms with E-state index in [9.17, 15) is 37.1 Å². The number of aromatic nitrogens is 1. The number of hydrogen-bond donors (Lipinski definition) is 2. The van der Waals surface area contributed by atoms with Crippen molar-refractivity contribution in [3.8, 4) is 5.75 Å². The molecule has 16 heteroatoms. The van der Waals surface area contributed by atoms with Gasteiger partial charge in [0.1, 0.15) is 24.0 Å². The van der Waals surface area contributed by atoms with E-state index in [-0.39, 0.29) is 36.9 Å². The number of unbranched alkanes of at least 4 members (excludes halogenated alkanes) is 1. The lowest BCUT2D eigenvalue weighted by molar-refractivity contribution is -0.145. The third-order valence-electron chi connectivity index (χ3n) is 7.86. The molecule has 256 valence electrons. The first kappa shape index (κ1) is 35.2. The second kappa shape index (κ2) is 15.8. The fraction of sp³-hybridized carbons (Fsp3) is 0.548. The number of halogens is 3. The molecular weight excluding hydrogens is 625 g/mol. The summed E-state index contributed by atoms with van der Waals surface area (Å²) in [6, 6.07) is 5.52. The number of pyridine rings is 1. The number of benzene rings is 1. The minimum absolute atomic E-state index is 0.0661. The number of nitrogens with one attached hydrogen (secondary N) is 2. The number of aryl methyl sites for hydroxylation is 1. The summed E-state index contributed by atoms with van der Waals surface area (Å²) in [6.07, 6.45) is -2.65. The molecule has 2 aromatic rings. The highest BCUT2D eigenvalue weighted by Gasteiger charge is 2.36. The van der Waals surface area contributed by atoms with Crippen LogP contribution in [0.2, 0.25) is 0 Å². The van der Waals surface area contributed by atoms with Crippen molar-refractivity contribution >= 4 is 40.6 Å². The summed E-state index contributed by atoms with van der Waals surface area (Å²) in [5.74, 6) is -2.33. The lowest BCUT2D eigenvalue weighted by Gasteiger charge is -2.34. The van der Waals surface area contributed by atoms with Gasteiger partial charge in [0.2, 0.25) is 11.8 Å². The number of likely N-dealkylation sites (tertiary alicyclic amines) is 1. The first-order valence-corrected chi connectivity index (χ1v) is 15.5. The molecule has 2 saturated heterocycles. The quantitative estimate of drug-likeness (QED) is 0.348. The zero-order valence-electron chi connectivity index (χ0n) is 26.4. The van der Waals surface area contributed by atoms with Crippen LogP contribution >= 0.6 is 0 Å². The van der Waals surface area contributed by atoms with Gasteiger partial charge in [-0.25, -0.2) is 9.78 Å². The van der Waals surface area contributed by atoms with Gasteiger partial charge in [-0.3, -0.25) is 19.2 Å². The molecule has 0 bridgehead atoms. The number of ether oxygens (including phenoxy) is 2. The number of amides is 5. The molecule has 13 nitrogen and oxygen atoms in total. The molecule has 0 radical (unpaired) electrons. The molecule has 1 aromatic carbocycles. The average molecular weight is 665 g/mol. The van der Waals surface area contributed by atoms with E-state index in [1.54, 1.807) is 23.1 Å². The number of fused-ring (bicyclic) bond motifs is 1. The largest absolute Gasteiger partial charge is 0.483 e. The molecule has 47 heavy (non-hydrogen) atoms. The highest BCUT2D eigenvalue weighted by molar-refractivity contribution is 5.99. The van der Waals surface area contributed by atoms with Crippen LogP contribution < -0.4 is 15.4 Å². The molecule has 1 atom stereocenters. The van der Waals surface area contributed by atoms with Crippen LogP contribution in [0.3, 0.4) is 0 Å². The lowest BCUT2D eigenvalue weighted by Crippen LogP contribution is -2.52. The molecular formula is C31H39F3N6O7. The van der Waals surface area contributed by atoms with Gasteiger partial charge in [-0.05, 0) is 43.9 Å². The SMILES string of the molecule is CCCCOC(=O)N1CCN(C(=O)CNC(=O)c2cc(OCC(=O)N3CCC[C@H]3C(=O)NCC(F)(F)F)c3ccc(C)cc3n2)CC1. The van der Waals surface area contributed by atoms with Gasteiger partial charge in [0, 0.05) is 44.2 Å². The van der Waals surface area contributed by atoms with Crippen molar-refractivity contribution in [1.82, 2.24) is 30.3 Å². The second-order valence-electron chi connectivity index (χ2n) is 11.4. The summed E-state index contributed by atoms with van der Waals surface area (Å²) in [4.78, 5) is 72.2. The third-order valence-corrected chi connectivity index (χ3v) is 7.86. The Balaban J connectivity index is 1.36. The maximum atomic E-state index is 13.1. The van der Waals surface area contributed by atoms with E-state index < -0.39 is 49.2 Å². The Kier molecular flexibility index (Phi) is 11.8. The van der Waals surface area contributed by atoms with Gasteiger partial charge in [0.05, 0.1) is 18.7 Å². The predicted octanol–water partition coefficient (Wildman–Crippen LogP) is 2.40. The molecule has 2 aliphatic heterocycles. The number of alkyl halides is 3. The van der Waals surface area contributed by atoms with Crippen LogP contribution in [0.5, 0.6) is 5.75 Å². The first-order chi connectivity index (χ1) is 22.4. The van der Waals surface area contributed by atoms with E-state index in [0.29, 0.717) is 50.1 Å². The van der Waals surface area contributed by atoms with Gasteiger partial charge in [0.25, 0.3) is 11.8 Å². The van der Waals surface area contributed by atoms with Crippen molar-refractivity contribution in [2.75, 3.05) is 59.0 Å². The lowest BCUT2D eigenvalue weighted by atomic mass is 10.1. The molecule has 1 aromatic heterocycles. The fourth-order valence-electron chi connectivity index (χ4n) is 5.30. The Bertz CT molecular complexity index is 1480. The number of piperazine rings is 1. The maximum Gasteiger partial charge on any atom is 0.409 e. The topological polar surface area (TPSA) is 150 Å². The number of carbonyl (C=O) groups is 5. The van der Waals surface area contributed by atoms with E-state index in [1.165, 1.54) is 15.9 Å². The minimum atomic E-state index is -4.58. The first-order valence-electron chi connectivity index (χ1n) is 15.5. The molecule has 0 spiro atoms. The van der Waals surface area contributed by atoms with E-state index in [2.05, 4.69) is 10.3 Å². The van der Waals surface area contributed by atoms with Gasteiger partial charge in [0.15, 0.2) is 6.61 Å². The molecule has 0 unspecified atom stereocenters. The number of carbonyl (C=O) groups excluding carboxylic acids is 5. The van der Waals surface area contributed by atoms with Crippen molar-refractivity contribution in [1.29, 1.82) is 0 Å². The van der Waals surface area contributed by atoms with Crippen molar-refractivity contribution in [2.45, 2.75) is 51.7 Å². The normalized spacial score (nSPS) is 16.6. The average Bonchev–Trinajstić information content (AvgIpc) is 3.54. The molecule has 2 fully saturated rings. The summed E-state index contributed by atoms with van der Waals surface area (Å²) in [5.41, 5.74) is 1.18. The van der Waals surface area contributed by atoms with E-state index in [1.807, 2.05) is 19.2 Å². The monoisotopic (exact) mass is 664 g/mol. The van der Waals surface area contributed by atoms with Crippen LogP contribution in [0.4, 0.5) is 18.0 Å². The Morgan fingerprint density at radius 3 is 2.40 bits per heavy atom. The number of nitrogens with zero attached hydrogens (tertiary/aromatic N) is 4. The molecule has 0 saturated carbocycles. The Hall–Kier alpha value is -4.63. The summed E-state index contributed by atoms with van der Waals surface area (Å²) in [5, 5.41) is 4.90. The molecule has 2 N–H and O–H groups in total.